The van der Waals surface area contributed by atoms with Crippen LogP contribution in [0.1, 0.15) is 51.3 Å². The SMILES string of the molecule is CCOC(=O)c1c(C)nsc1NC(C)c1cc(C)sc1C. The van der Waals surface area contributed by atoms with Gasteiger partial charge in [0.25, 0.3) is 0 Å². The number of ether oxygens (including phenoxy) is 1. The van der Waals surface area contributed by atoms with Gasteiger partial charge in [0.15, 0.2) is 0 Å². The number of rotatable bonds is 5. The van der Waals surface area contributed by atoms with Crippen molar-refractivity contribution in [2.45, 2.75) is 40.7 Å². The van der Waals surface area contributed by atoms with Gasteiger partial charge in [-0.05, 0) is 57.8 Å². The quantitative estimate of drug-likeness (QED) is 0.824. The van der Waals surface area contributed by atoms with Crippen LogP contribution in [0.5, 0.6) is 0 Å². The van der Waals surface area contributed by atoms with Gasteiger partial charge in [-0.3, -0.25) is 0 Å². The molecule has 4 nitrogen and oxygen atoms in total. The Bertz CT molecular complexity index is 646. The summed E-state index contributed by atoms with van der Waals surface area (Å²) in [7, 11) is 0. The number of anilines is 1. The molecule has 6 heteroatoms. The molecule has 2 rings (SSSR count). The molecule has 2 aromatic rings. The second-order valence-corrected chi connectivity index (χ2v) is 7.16. The maximum absolute atomic E-state index is 12.0. The summed E-state index contributed by atoms with van der Waals surface area (Å²) in [5.74, 6) is -0.309. The zero-order valence-corrected chi connectivity index (χ0v) is 14.6. The van der Waals surface area contributed by atoms with Gasteiger partial charge < -0.3 is 10.1 Å². The zero-order chi connectivity index (χ0) is 15.6. The molecule has 21 heavy (non-hydrogen) atoms. The molecule has 0 aromatic carbocycles. The summed E-state index contributed by atoms with van der Waals surface area (Å²) >= 11 is 3.10. The Morgan fingerprint density at radius 2 is 2.14 bits per heavy atom. The number of nitrogens with one attached hydrogen (secondary N) is 1. The van der Waals surface area contributed by atoms with E-state index in [-0.39, 0.29) is 12.0 Å². The maximum Gasteiger partial charge on any atom is 0.343 e. The van der Waals surface area contributed by atoms with Crippen LogP contribution in [0.25, 0.3) is 0 Å². The van der Waals surface area contributed by atoms with E-state index >= 15 is 0 Å². The molecule has 0 aliphatic heterocycles. The molecule has 0 amide bonds. The van der Waals surface area contributed by atoms with Crippen LogP contribution in [0.3, 0.4) is 0 Å². The molecule has 1 unspecified atom stereocenters. The smallest absolute Gasteiger partial charge is 0.343 e. The van der Waals surface area contributed by atoms with Crippen molar-refractivity contribution >= 4 is 33.8 Å². The standard InChI is InChI=1S/C15H20N2O2S2/c1-6-19-15(18)13-10(4)17-21-14(13)16-9(3)12-7-8(2)20-11(12)5/h7,9,16H,6H2,1-5H3. The van der Waals surface area contributed by atoms with E-state index in [1.165, 1.54) is 26.9 Å². The van der Waals surface area contributed by atoms with Crippen LogP contribution >= 0.6 is 22.9 Å². The largest absolute Gasteiger partial charge is 0.462 e. The lowest BCUT2D eigenvalue weighted by atomic mass is 10.1. The highest BCUT2D eigenvalue weighted by Gasteiger charge is 2.21. The predicted octanol–water partition coefficient (Wildman–Crippen LogP) is 4.48. The molecule has 0 fully saturated rings. The van der Waals surface area contributed by atoms with Crippen LogP contribution in [0.15, 0.2) is 6.07 Å². The summed E-state index contributed by atoms with van der Waals surface area (Å²) < 4.78 is 9.39. The Morgan fingerprint density at radius 3 is 2.71 bits per heavy atom. The molecule has 1 atom stereocenters. The van der Waals surface area contributed by atoms with Gasteiger partial charge in [0.1, 0.15) is 10.6 Å². The number of aryl methyl sites for hydroxylation is 3. The number of carbonyl (C=O) groups excluding carboxylic acids is 1. The number of hydrogen-bond acceptors (Lipinski definition) is 6. The van der Waals surface area contributed by atoms with Crippen molar-refractivity contribution in [2.75, 3.05) is 11.9 Å². The third-order valence-electron chi connectivity index (χ3n) is 3.24. The van der Waals surface area contributed by atoms with E-state index in [2.05, 4.69) is 36.5 Å². The lowest BCUT2D eigenvalue weighted by Gasteiger charge is -2.14. The molecule has 0 saturated heterocycles. The molecule has 0 saturated carbocycles. The van der Waals surface area contributed by atoms with Crippen LogP contribution in [0, 0.1) is 20.8 Å². The monoisotopic (exact) mass is 324 g/mol. The number of carbonyl (C=O) groups is 1. The van der Waals surface area contributed by atoms with E-state index < -0.39 is 0 Å². The summed E-state index contributed by atoms with van der Waals surface area (Å²) in [6.07, 6.45) is 0. The molecule has 2 heterocycles. The minimum absolute atomic E-state index is 0.128. The Labute approximate surface area is 133 Å². The highest BCUT2D eigenvalue weighted by molar-refractivity contribution is 7.12. The number of hydrogen-bond donors (Lipinski definition) is 1. The van der Waals surface area contributed by atoms with Crippen LogP contribution in [0.4, 0.5) is 5.00 Å². The van der Waals surface area contributed by atoms with Crippen LogP contribution in [-0.2, 0) is 4.74 Å². The minimum atomic E-state index is -0.309. The second kappa shape index (κ2) is 6.58. The molecular formula is C15H20N2O2S2. The van der Waals surface area contributed by atoms with E-state index in [4.69, 9.17) is 4.74 Å². The lowest BCUT2D eigenvalue weighted by molar-refractivity contribution is 0.0527. The number of thiophene rings is 1. The molecule has 0 radical (unpaired) electrons. The fourth-order valence-corrected chi connectivity index (χ4v) is 4.16. The van der Waals surface area contributed by atoms with E-state index in [1.807, 2.05) is 6.92 Å². The van der Waals surface area contributed by atoms with Gasteiger partial charge in [0.2, 0.25) is 0 Å². The van der Waals surface area contributed by atoms with E-state index in [9.17, 15) is 4.79 Å². The van der Waals surface area contributed by atoms with Crippen LogP contribution < -0.4 is 5.32 Å². The third-order valence-corrected chi connectivity index (χ3v) is 5.09. The highest BCUT2D eigenvalue weighted by atomic mass is 32.1. The normalized spacial score (nSPS) is 12.2. The van der Waals surface area contributed by atoms with Crippen molar-refractivity contribution < 1.29 is 9.53 Å². The maximum atomic E-state index is 12.0. The minimum Gasteiger partial charge on any atom is -0.462 e. The van der Waals surface area contributed by atoms with Crippen molar-refractivity contribution in [3.05, 3.63) is 32.6 Å². The van der Waals surface area contributed by atoms with Crippen LogP contribution in [-0.4, -0.2) is 16.9 Å². The van der Waals surface area contributed by atoms with Gasteiger partial charge in [0.05, 0.1) is 18.3 Å². The van der Waals surface area contributed by atoms with Crippen molar-refractivity contribution in [1.82, 2.24) is 4.37 Å². The molecule has 0 spiro atoms. The second-order valence-electron chi connectivity index (χ2n) is 4.93. The van der Waals surface area contributed by atoms with Gasteiger partial charge in [-0.15, -0.1) is 11.3 Å². The first-order chi connectivity index (χ1) is 9.93. The lowest BCUT2D eigenvalue weighted by Crippen LogP contribution is -2.11. The third kappa shape index (κ3) is 3.44. The fraction of sp³-hybridized carbons (Fsp3) is 0.467. The van der Waals surface area contributed by atoms with Gasteiger partial charge in [-0.1, -0.05) is 0 Å². The Balaban J connectivity index is 2.24. The Hall–Kier alpha value is -1.40. The van der Waals surface area contributed by atoms with Crippen molar-refractivity contribution in [2.24, 2.45) is 0 Å². The van der Waals surface area contributed by atoms with E-state index in [1.54, 1.807) is 18.3 Å². The molecular weight excluding hydrogens is 304 g/mol. The molecule has 1 N–H and O–H groups in total. The molecule has 114 valence electrons. The molecule has 2 aromatic heterocycles. The first-order valence-corrected chi connectivity index (χ1v) is 8.49. The Morgan fingerprint density at radius 1 is 1.43 bits per heavy atom. The van der Waals surface area contributed by atoms with Gasteiger partial charge >= 0.3 is 5.97 Å². The average molecular weight is 324 g/mol. The first-order valence-electron chi connectivity index (χ1n) is 6.90. The molecule has 0 aliphatic rings. The van der Waals surface area contributed by atoms with E-state index in [0.29, 0.717) is 17.9 Å². The average Bonchev–Trinajstić information content (AvgIpc) is 2.92. The highest BCUT2D eigenvalue weighted by Crippen LogP contribution is 2.32. The van der Waals surface area contributed by atoms with Crippen molar-refractivity contribution in [1.29, 1.82) is 0 Å². The summed E-state index contributed by atoms with van der Waals surface area (Å²) in [6.45, 7) is 10.3. The van der Waals surface area contributed by atoms with Gasteiger partial charge in [-0.2, -0.15) is 4.37 Å². The first kappa shape index (κ1) is 16.0. The zero-order valence-electron chi connectivity index (χ0n) is 12.9. The van der Waals surface area contributed by atoms with Gasteiger partial charge in [0, 0.05) is 9.75 Å². The van der Waals surface area contributed by atoms with Crippen molar-refractivity contribution in [3.8, 4) is 0 Å². The number of nitrogens with zero attached hydrogens (tertiary/aromatic N) is 1. The van der Waals surface area contributed by atoms with Crippen LogP contribution in [0.2, 0.25) is 0 Å². The number of aromatic nitrogens is 1. The molecule has 0 bridgehead atoms. The predicted molar refractivity (Wildman–Crippen MR) is 88.6 cm³/mol. The fourth-order valence-electron chi connectivity index (χ4n) is 2.27. The Kier molecular flexibility index (Phi) is 5.00. The topological polar surface area (TPSA) is 51.2 Å². The summed E-state index contributed by atoms with van der Waals surface area (Å²) in [4.78, 5) is 14.6. The summed E-state index contributed by atoms with van der Waals surface area (Å²) in [5, 5.41) is 4.18. The molecule has 0 aliphatic carbocycles. The van der Waals surface area contributed by atoms with Gasteiger partial charge in [-0.25, -0.2) is 4.79 Å². The number of esters is 1. The summed E-state index contributed by atoms with van der Waals surface area (Å²) in [5.41, 5.74) is 2.53. The summed E-state index contributed by atoms with van der Waals surface area (Å²) in [6, 6.07) is 2.32. The van der Waals surface area contributed by atoms with Crippen molar-refractivity contribution in [3.63, 3.8) is 0 Å². The van der Waals surface area contributed by atoms with E-state index in [0.717, 1.165) is 5.00 Å².